The molecule has 248 valence electrons. The van der Waals surface area contributed by atoms with Gasteiger partial charge in [0, 0.05) is 47.9 Å². The van der Waals surface area contributed by atoms with Gasteiger partial charge in [-0.25, -0.2) is 21.2 Å². The van der Waals surface area contributed by atoms with Gasteiger partial charge in [0.15, 0.2) is 0 Å². The van der Waals surface area contributed by atoms with E-state index < -0.39 is 43.5 Å². The van der Waals surface area contributed by atoms with Gasteiger partial charge in [-0.15, -0.1) is 0 Å². The first kappa shape index (κ1) is 34.5. The van der Waals surface area contributed by atoms with Crippen LogP contribution in [0.5, 0.6) is 0 Å². The molecule has 2 aliphatic rings. The molecule has 0 bridgehead atoms. The summed E-state index contributed by atoms with van der Waals surface area (Å²) in [6, 6.07) is 18.5. The fourth-order valence-electron chi connectivity index (χ4n) is 6.58. The predicted octanol–water partition coefficient (Wildman–Crippen LogP) is 4.34. The molecule has 13 heteroatoms. The zero-order valence-electron chi connectivity index (χ0n) is 25.4. The molecule has 0 saturated carbocycles. The van der Waals surface area contributed by atoms with Crippen LogP contribution in [0.15, 0.2) is 77.7 Å². The molecule has 5 rings (SSSR count). The van der Waals surface area contributed by atoms with E-state index in [2.05, 4.69) is 10.6 Å². The fourth-order valence-corrected chi connectivity index (χ4v) is 9.91. The molecular formula is C33H40ClFN4O5S2. The van der Waals surface area contributed by atoms with Gasteiger partial charge in [0.1, 0.15) is 15.7 Å². The number of carbonyl (C=O) groups excluding carboxylic acids is 1. The van der Waals surface area contributed by atoms with Gasteiger partial charge in [-0.1, -0.05) is 48.0 Å². The monoisotopic (exact) mass is 690 g/mol. The highest BCUT2D eigenvalue weighted by molar-refractivity contribution is 7.91. The Kier molecular flexibility index (Phi) is 11.2. The van der Waals surface area contributed by atoms with Crippen molar-refractivity contribution >= 4 is 43.1 Å². The highest BCUT2D eigenvalue weighted by Crippen LogP contribution is 2.37. The molecule has 9 nitrogen and oxygen atoms in total. The minimum Gasteiger partial charge on any atom is -0.324 e. The van der Waals surface area contributed by atoms with E-state index in [1.165, 1.54) is 16.4 Å². The van der Waals surface area contributed by atoms with Crippen molar-refractivity contribution in [3.8, 4) is 0 Å². The molecule has 0 radical (unpaired) electrons. The lowest BCUT2D eigenvalue weighted by Gasteiger charge is -2.35. The lowest BCUT2D eigenvalue weighted by Crippen LogP contribution is -2.53. The van der Waals surface area contributed by atoms with E-state index in [9.17, 15) is 21.6 Å². The normalized spacial score (nSPS) is 20.5. The summed E-state index contributed by atoms with van der Waals surface area (Å²) in [7, 11) is -6.82. The SMILES string of the molecule is N[C@H](C(=O)Nc1cccc(F)c1CCC[C@H]1CNCCN1S(=O)(=O)c1ccccc1)[C@@H](c1ccc(Cl)cc1)C1CCS(=O)(=O)CC1. The predicted molar refractivity (Wildman–Crippen MR) is 179 cm³/mol. The summed E-state index contributed by atoms with van der Waals surface area (Å²) in [6.45, 7) is 1.36. The van der Waals surface area contributed by atoms with Crippen LogP contribution in [-0.4, -0.2) is 70.3 Å². The number of hydrogen-bond acceptors (Lipinski definition) is 7. The van der Waals surface area contributed by atoms with Crippen LogP contribution in [0.1, 0.15) is 42.7 Å². The number of nitrogens with one attached hydrogen (secondary N) is 2. The molecule has 0 aliphatic carbocycles. The van der Waals surface area contributed by atoms with E-state index in [1.807, 2.05) is 0 Å². The number of benzene rings is 3. The Bertz CT molecular complexity index is 1710. The van der Waals surface area contributed by atoms with Crippen molar-refractivity contribution in [1.29, 1.82) is 0 Å². The third-order valence-corrected chi connectivity index (χ3v) is 13.0. The van der Waals surface area contributed by atoms with E-state index in [4.69, 9.17) is 17.3 Å². The molecule has 2 fully saturated rings. The van der Waals surface area contributed by atoms with E-state index in [0.29, 0.717) is 61.6 Å². The van der Waals surface area contributed by atoms with Crippen molar-refractivity contribution in [2.75, 3.05) is 36.5 Å². The molecule has 46 heavy (non-hydrogen) atoms. The number of nitrogens with zero attached hydrogens (tertiary/aromatic N) is 1. The Morgan fingerprint density at radius 1 is 1.04 bits per heavy atom. The van der Waals surface area contributed by atoms with Crippen LogP contribution in [0.4, 0.5) is 10.1 Å². The fraction of sp³-hybridized carbons (Fsp3) is 0.424. The van der Waals surface area contributed by atoms with Gasteiger partial charge < -0.3 is 16.4 Å². The molecule has 0 aromatic heterocycles. The number of sulfonamides is 1. The molecule has 2 saturated heterocycles. The van der Waals surface area contributed by atoms with E-state index in [1.54, 1.807) is 60.7 Å². The summed E-state index contributed by atoms with van der Waals surface area (Å²) in [5, 5.41) is 6.64. The van der Waals surface area contributed by atoms with Crippen molar-refractivity contribution in [1.82, 2.24) is 9.62 Å². The number of halogens is 2. The molecule has 4 N–H and O–H groups in total. The summed E-state index contributed by atoms with van der Waals surface area (Å²) >= 11 is 6.11. The van der Waals surface area contributed by atoms with Gasteiger partial charge in [-0.3, -0.25) is 4.79 Å². The van der Waals surface area contributed by atoms with Crippen molar-refractivity contribution in [3.63, 3.8) is 0 Å². The number of hydrogen-bond donors (Lipinski definition) is 3. The highest BCUT2D eigenvalue weighted by Gasteiger charge is 2.37. The topological polar surface area (TPSA) is 139 Å². The Balaban J connectivity index is 1.29. The molecule has 2 heterocycles. The van der Waals surface area contributed by atoms with E-state index in [0.717, 1.165) is 5.56 Å². The largest absolute Gasteiger partial charge is 0.324 e. The smallest absolute Gasteiger partial charge is 0.243 e. The summed E-state index contributed by atoms with van der Waals surface area (Å²) < 4.78 is 67.8. The molecule has 0 unspecified atom stereocenters. The van der Waals surface area contributed by atoms with Crippen LogP contribution in [0, 0.1) is 11.7 Å². The average molecular weight is 691 g/mol. The molecule has 2 aliphatic heterocycles. The lowest BCUT2D eigenvalue weighted by atomic mass is 9.77. The zero-order chi connectivity index (χ0) is 32.9. The minimum absolute atomic E-state index is 0.0325. The molecule has 0 spiro atoms. The minimum atomic E-state index is -3.69. The second-order valence-corrected chi connectivity index (χ2v) is 16.7. The third kappa shape index (κ3) is 8.15. The summed E-state index contributed by atoms with van der Waals surface area (Å²) in [5.74, 6) is -1.53. The standard InChI is InChI=1S/C33H40ClFN4O5S2/c34-25-14-12-23(13-15-25)31(24-16-20-45(41,42)21-17-24)32(36)33(40)38-30-11-5-10-29(35)28(30)9-4-6-26-22-37-18-19-39(26)46(43,44)27-7-2-1-3-8-27/h1-3,5,7-8,10-15,24,26,31-32,37H,4,6,9,16-22,36H2,(H,38,40)/t26-,31-,32-/m0/s1. The first-order valence-corrected chi connectivity index (χ1v) is 19.2. The number of amides is 1. The second kappa shape index (κ2) is 14.9. The van der Waals surface area contributed by atoms with Gasteiger partial charge in [0.2, 0.25) is 15.9 Å². The Morgan fingerprint density at radius 3 is 2.43 bits per heavy atom. The van der Waals surface area contributed by atoms with Crippen LogP contribution in [0.3, 0.4) is 0 Å². The first-order chi connectivity index (χ1) is 22.0. The van der Waals surface area contributed by atoms with Crippen molar-refractivity contribution in [2.45, 2.75) is 55.0 Å². The van der Waals surface area contributed by atoms with Crippen molar-refractivity contribution in [2.24, 2.45) is 11.7 Å². The van der Waals surface area contributed by atoms with Gasteiger partial charge in [-0.05, 0) is 80.0 Å². The van der Waals surface area contributed by atoms with E-state index in [-0.39, 0.29) is 34.8 Å². The zero-order valence-corrected chi connectivity index (χ0v) is 27.8. The molecule has 3 atom stereocenters. The van der Waals surface area contributed by atoms with E-state index >= 15 is 4.39 Å². The van der Waals surface area contributed by atoms with Crippen LogP contribution >= 0.6 is 11.6 Å². The number of anilines is 1. The number of rotatable bonds is 11. The first-order valence-electron chi connectivity index (χ1n) is 15.5. The number of carbonyl (C=O) groups is 1. The van der Waals surface area contributed by atoms with Crippen molar-refractivity contribution in [3.05, 3.63) is 94.8 Å². The maximum Gasteiger partial charge on any atom is 0.243 e. The average Bonchev–Trinajstić information content (AvgIpc) is 3.04. The molecule has 3 aromatic rings. The molecule has 1 amide bonds. The quantitative estimate of drug-likeness (QED) is 0.272. The Morgan fingerprint density at radius 2 is 1.74 bits per heavy atom. The highest BCUT2D eigenvalue weighted by atomic mass is 35.5. The van der Waals surface area contributed by atoms with Gasteiger partial charge >= 0.3 is 0 Å². The number of sulfone groups is 1. The third-order valence-electron chi connectivity index (χ3n) is 9.04. The van der Waals surface area contributed by atoms with Crippen LogP contribution in [0.2, 0.25) is 5.02 Å². The van der Waals surface area contributed by atoms with Crippen LogP contribution in [0.25, 0.3) is 0 Å². The van der Waals surface area contributed by atoms with Gasteiger partial charge in [0.25, 0.3) is 0 Å². The second-order valence-electron chi connectivity index (χ2n) is 12.0. The summed E-state index contributed by atoms with van der Waals surface area (Å²) in [4.78, 5) is 13.9. The van der Waals surface area contributed by atoms with Gasteiger partial charge in [0.05, 0.1) is 22.4 Å². The summed E-state index contributed by atoms with van der Waals surface area (Å²) in [5.41, 5.74) is 8.01. The molecule has 3 aromatic carbocycles. The maximum atomic E-state index is 15.2. The van der Waals surface area contributed by atoms with Crippen LogP contribution < -0.4 is 16.4 Å². The number of nitrogens with two attached hydrogens (primary N) is 1. The van der Waals surface area contributed by atoms with Gasteiger partial charge in [-0.2, -0.15) is 4.31 Å². The van der Waals surface area contributed by atoms with Crippen molar-refractivity contribution < 1.29 is 26.0 Å². The maximum absolute atomic E-state index is 15.2. The molecular weight excluding hydrogens is 651 g/mol. The Hall–Kier alpha value is -2.87. The number of piperazine rings is 1. The summed E-state index contributed by atoms with van der Waals surface area (Å²) in [6.07, 6.45) is 2.01. The lowest BCUT2D eigenvalue weighted by molar-refractivity contribution is -0.118. The van der Waals surface area contributed by atoms with Crippen LogP contribution in [-0.2, 0) is 31.1 Å². The Labute approximate surface area is 275 Å².